The van der Waals surface area contributed by atoms with Gasteiger partial charge < -0.3 is 4.74 Å². The number of rotatable bonds is 6. The molecule has 2 rings (SSSR count). The van der Waals surface area contributed by atoms with E-state index in [4.69, 9.17) is 4.74 Å². The summed E-state index contributed by atoms with van der Waals surface area (Å²) < 4.78 is 33.4. The van der Waals surface area contributed by atoms with E-state index >= 15 is 0 Å². The highest BCUT2D eigenvalue weighted by atomic mass is 32.2. The molecule has 0 bridgehead atoms. The maximum absolute atomic E-state index is 12.3. The molecule has 0 saturated heterocycles. The number of benzene rings is 1. The zero-order valence-electron chi connectivity index (χ0n) is 12.3. The summed E-state index contributed by atoms with van der Waals surface area (Å²) in [6.45, 7) is 4.52. The lowest BCUT2D eigenvalue weighted by atomic mass is 10.3. The third-order valence-corrected chi connectivity index (χ3v) is 4.31. The monoisotopic (exact) mass is 323 g/mol. The van der Waals surface area contributed by atoms with Gasteiger partial charge in [0, 0.05) is 6.54 Å². The topological polar surface area (TPSA) is 90.3 Å². The normalized spacial score (nSPS) is 11.2. The maximum atomic E-state index is 12.3. The molecule has 1 N–H and O–H groups in total. The standard InChI is InChI=1S/C14H17N3O4S/c1-3-17-10-15-9-13(14(17)18)16-22(19,20)12-7-5-11(6-8-12)21-4-2/h5-10,16H,3-4H2,1-2H3. The van der Waals surface area contributed by atoms with Gasteiger partial charge in [-0.2, -0.15) is 0 Å². The molecule has 1 aromatic carbocycles. The molecule has 0 fully saturated rings. The van der Waals surface area contributed by atoms with E-state index < -0.39 is 15.6 Å². The highest BCUT2D eigenvalue weighted by Gasteiger charge is 2.16. The smallest absolute Gasteiger partial charge is 0.277 e. The van der Waals surface area contributed by atoms with Crippen molar-refractivity contribution in [2.24, 2.45) is 0 Å². The third-order valence-electron chi connectivity index (χ3n) is 2.93. The minimum Gasteiger partial charge on any atom is -0.494 e. The Bertz CT molecular complexity index is 798. The fourth-order valence-electron chi connectivity index (χ4n) is 1.83. The predicted octanol–water partition coefficient (Wildman–Crippen LogP) is 1.46. The van der Waals surface area contributed by atoms with E-state index in [1.807, 2.05) is 6.92 Å². The van der Waals surface area contributed by atoms with Gasteiger partial charge >= 0.3 is 0 Å². The fourth-order valence-corrected chi connectivity index (χ4v) is 2.87. The van der Waals surface area contributed by atoms with Crippen LogP contribution in [0.5, 0.6) is 5.75 Å². The molecule has 118 valence electrons. The number of aromatic nitrogens is 2. The van der Waals surface area contributed by atoms with Crippen LogP contribution in [0.1, 0.15) is 13.8 Å². The quantitative estimate of drug-likeness (QED) is 0.869. The number of hydrogen-bond acceptors (Lipinski definition) is 5. The fraction of sp³-hybridized carbons (Fsp3) is 0.286. The van der Waals surface area contributed by atoms with E-state index in [0.29, 0.717) is 18.9 Å². The van der Waals surface area contributed by atoms with Crippen molar-refractivity contribution in [1.29, 1.82) is 0 Å². The summed E-state index contributed by atoms with van der Waals surface area (Å²) in [6.07, 6.45) is 2.55. The molecule has 0 unspecified atom stereocenters. The van der Waals surface area contributed by atoms with E-state index in [9.17, 15) is 13.2 Å². The Morgan fingerprint density at radius 3 is 2.50 bits per heavy atom. The van der Waals surface area contributed by atoms with Gasteiger partial charge in [-0.15, -0.1) is 0 Å². The number of nitrogens with one attached hydrogen (secondary N) is 1. The van der Waals surface area contributed by atoms with Crippen molar-refractivity contribution in [2.75, 3.05) is 11.3 Å². The third kappa shape index (κ3) is 3.45. The highest BCUT2D eigenvalue weighted by molar-refractivity contribution is 7.92. The molecule has 0 radical (unpaired) electrons. The lowest BCUT2D eigenvalue weighted by Gasteiger charge is -2.09. The summed E-state index contributed by atoms with van der Waals surface area (Å²) >= 11 is 0. The van der Waals surface area contributed by atoms with Gasteiger partial charge in [0.05, 0.1) is 24.0 Å². The second kappa shape index (κ2) is 6.61. The Balaban J connectivity index is 2.30. The van der Waals surface area contributed by atoms with E-state index in [1.165, 1.54) is 29.2 Å². The second-order valence-electron chi connectivity index (χ2n) is 4.41. The molecule has 0 spiro atoms. The van der Waals surface area contributed by atoms with Crippen molar-refractivity contribution in [3.63, 3.8) is 0 Å². The van der Waals surface area contributed by atoms with E-state index in [0.717, 1.165) is 0 Å². The zero-order valence-corrected chi connectivity index (χ0v) is 13.1. The van der Waals surface area contributed by atoms with Crippen LogP contribution in [0.3, 0.4) is 0 Å². The van der Waals surface area contributed by atoms with Gasteiger partial charge in [-0.3, -0.25) is 14.1 Å². The van der Waals surface area contributed by atoms with Crippen LogP contribution in [-0.4, -0.2) is 24.6 Å². The van der Waals surface area contributed by atoms with Crippen molar-refractivity contribution in [3.05, 3.63) is 47.1 Å². The summed E-state index contributed by atoms with van der Waals surface area (Å²) in [7, 11) is -3.85. The lowest BCUT2D eigenvalue weighted by molar-refractivity contribution is 0.340. The Kier molecular flexibility index (Phi) is 4.81. The van der Waals surface area contributed by atoms with Crippen LogP contribution in [0.15, 0.2) is 46.5 Å². The SMILES string of the molecule is CCOc1ccc(S(=O)(=O)Nc2cncn(CC)c2=O)cc1. The van der Waals surface area contributed by atoms with Crippen LogP contribution < -0.4 is 15.0 Å². The molecular formula is C14H17N3O4S. The molecule has 8 heteroatoms. The van der Waals surface area contributed by atoms with Gasteiger partial charge in [-0.25, -0.2) is 13.4 Å². The Morgan fingerprint density at radius 2 is 1.91 bits per heavy atom. The summed E-state index contributed by atoms with van der Waals surface area (Å²) in [5.74, 6) is 0.580. The first-order valence-corrected chi connectivity index (χ1v) is 8.26. The lowest BCUT2D eigenvalue weighted by Crippen LogP contribution is -2.25. The molecular weight excluding hydrogens is 306 g/mol. The average Bonchev–Trinajstić information content (AvgIpc) is 2.50. The van der Waals surface area contributed by atoms with E-state index in [-0.39, 0.29) is 10.6 Å². The first-order valence-electron chi connectivity index (χ1n) is 6.78. The van der Waals surface area contributed by atoms with Crippen molar-refractivity contribution < 1.29 is 13.2 Å². The maximum Gasteiger partial charge on any atom is 0.277 e. The molecule has 0 atom stereocenters. The van der Waals surface area contributed by atoms with Crippen molar-refractivity contribution in [3.8, 4) is 5.75 Å². The van der Waals surface area contributed by atoms with Crippen molar-refractivity contribution >= 4 is 15.7 Å². The van der Waals surface area contributed by atoms with Gasteiger partial charge in [-0.1, -0.05) is 0 Å². The first-order chi connectivity index (χ1) is 10.5. The molecule has 22 heavy (non-hydrogen) atoms. The summed E-state index contributed by atoms with van der Waals surface area (Å²) in [4.78, 5) is 15.9. The molecule has 2 aromatic rings. The largest absolute Gasteiger partial charge is 0.494 e. The van der Waals surface area contributed by atoms with Gasteiger partial charge in [-0.05, 0) is 38.1 Å². The van der Waals surface area contributed by atoms with Crippen molar-refractivity contribution in [2.45, 2.75) is 25.3 Å². The molecule has 0 aliphatic rings. The van der Waals surface area contributed by atoms with E-state index in [1.54, 1.807) is 19.1 Å². The molecule has 0 aliphatic carbocycles. The number of sulfonamides is 1. The molecule has 1 aromatic heterocycles. The van der Waals surface area contributed by atoms with Gasteiger partial charge in [0.2, 0.25) is 0 Å². The predicted molar refractivity (Wildman–Crippen MR) is 82.6 cm³/mol. The molecule has 0 aliphatic heterocycles. The van der Waals surface area contributed by atoms with Gasteiger partial charge in [0.25, 0.3) is 15.6 Å². The van der Waals surface area contributed by atoms with E-state index in [2.05, 4.69) is 9.71 Å². The minimum absolute atomic E-state index is 0.0438. The van der Waals surface area contributed by atoms with Crippen LogP contribution in [-0.2, 0) is 16.6 Å². The first kappa shape index (κ1) is 16.0. The Hall–Kier alpha value is -2.35. The molecule has 1 heterocycles. The van der Waals surface area contributed by atoms with Crippen LogP contribution >= 0.6 is 0 Å². The highest BCUT2D eigenvalue weighted by Crippen LogP contribution is 2.17. The molecule has 0 saturated carbocycles. The van der Waals surface area contributed by atoms with Crippen LogP contribution in [0.25, 0.3) is 0 Å². The molecule has 0 amide bonds. The number of aryl methyl sites for hydroxylation is 1. The number of hydrogen-bond donors (Lipinski definition) is 1. The number of anilines is 1. The Morgan fingerprint density at radius 1 is 1.23 bits per heavy atom. The second-order valence-corrected chi connectivity index (χ2v) is 6.09. The number of ether oxygens (including phenoxy) is 1. The summed E-state index contributed by atoms with van der Waals surface area (Å²) in [5.41, 5.74) is -0.523. The Labute approximate surface area is 128 Å². The molecule has 7 nitrogen and oxygen atoms in total. The summed E-state index contributed by atoms with van der Waals surface area (Å²) in [6, 6.07) is 5.96. The van der Waals surface area contributed by atoms with Crippen LogP contribution in [0, 0.1) is 0 Å². The van der Waals surface area contributed by atoms with Crippen LogP contribution in [0.4, 0.5) is 5.69 Å². The summed E-state index contributed by atoms with van der Waals surface area (Å²) in [5, 5.41) is 0. The van der Waals surface area contributed by atoms with Crippen molar-refractivity contribution in [1.82, 2.24) is 9.55 Å². The van der Waals surface area contributed by atoms with Gasteiger partial charge in [0.1, 0.15) is 11.4 Å². The zero-order chi connectivity index (χ0) is 16.2. The average molecular weight is 323 g/mol. The van der Waals surface area contributed by atoms with Gasteiger partial charge in [0.15, 0.2) is 0 Å². The number of nitrogens with zero attached hydrogens (tertiary/aromatic N) is 2. The minimum atomic E-state index is -3.85. The van der Waals surface area contributed by atoms with Crippen LogP contribution in [0.2, 0.25) is 0 Å².